The van der Waals surface area contributed by atoms with Crippen molar-refractivity contribution in [2.24, 2.45) is 5.92 Å². The Morgan fingerprint density at radius 1 is 1.00 bits per heavy atom. The topological polar surface area (TPSA) is 105 Å². The Balaban J connectivity index is 2.29. The molecule has 29 heavy (non-hydrogen) atoms. The van der Waals surface area contributed by atoms with Crippen LogP contribution < -0.4 is 15.4 Å². The first-order valence-electron chi connectivity index (χ1n) is 9.07. The number of rotatable bonds is 8. The highest BCUT2D eigenvalue weighted by atomic mass is 16.5. The minimum absolute atomic E-state index is 0.0519. The summed E-state index contributed by atoms with van der Waals surface area (Å²) in [5, 5.41) is 14.4. The van der Waals surface area contributed by atoms with Crippen LogP contribution >= 0.6 is 0 Å². The molecule has 0 saturated heterocycles. The maximum absolute atomic E-state index is 12.8. The van der Waals surface area contributed by atoms with Gasteiger partial charge in [0.2, 0.25) is 0 Å². The molecule has 7 nitrogen and oxygen atoms in total. The molecule has 2 rings (SSSR count). The van der Waals surface area contributed by atoms with Crippen molar-refractivity contribution in [3.05, 3.63) is 71.4 Å². The second-order valence-corrected chi connectivity index (χ2v) is 6.68. The lowest BCUT2D eigenvalue weighted by Gasteiger charge is -2.19. The van der Waals surface area contributed by atoms with Crippen molar-refractivity contribution < 1.29 is 24.2 Å². The molecule has 2 aromatic carbocycles. The van der Waals surface area contributed by atoms with Crippen LogP contribution in [-0.2, 0) is 9.59 Å². The standard InChI is InChI=1S/C22H24N2O5/c1-14(2)19(22(27)28)24-21(26)18(13-15-7-5-4-6-8-15)23-20(25)16-9-11-17(29-3)12-10-16/h4-14,19H,1-3H3,(H,23,25)(H,24,26)(H,27,28)/b18-13-/t19-/m1/s1. The lowest BCUT2D eigenvalue weighted by molar-refractivity contribution is -0.142. The Morgan fingerprint density at radius 3 is 2.14 bits per heavy atom. The Morgan fingerprint density at radius 2 is 1.62 bits per heavy atom. The SMILES string of the molecule is COc1ccc(C(=O)N/C(=C\c2ccccc2)C(=O)N[C@@H](C(=O)O)C(C)C)cc1. The lowest BCUT2D eigenvalue weighted by atomic mass is 10.0. The number of ether oxygens (including phenoxy) is 1. The molecule has 0 aromatic heterocycles. The number of carboxylic acid groups (broad SMARTS) is 1. The Hall–Kier alpha value is -3.61. The minimum Gasteiger partial charge on any atom is -0.497 e. The summed E-state index contributed by atoms with van der Waals surface area (Å²) in [6, 6.07) is 14.3. The van der Waals surface area contributed by atoms with E-state index >= 15 is 0 Å². The van der Waals surface area contributed by atoms with E-state index in [1.165, 1.54) is 13.2 Å². The number of carboxylic acids is 1. The molecule has 0 aliphatic heterocycles. The molecular formula is C22H24N2O5. The highest BCUT2D eigenvalue weighted by Gasteiger charge is 2.25. The zero-order valence-electron chi connectivity index (χ0n) is 16.5. The van der Waals surface area contributed by atoms with Crippen LogP contribution in [-0.4, -0.2) is 36.0 Å². The maximum atomic E-state index is 12.8. The van der Waals surface area contributed by atoms with Crippen LogP contribution in [0.1, 0.15) is 29.8 Å². The lowest BCUT2D eigenvalue weighted by Crippen LogP contribution is -2.47. The summed E-state index contributed by atoms with van der Waals surface area (Å²) < 4.78 is 5.07. The van der Waals surface area contributed by atoms with Crippen LogP contribution in [0.3, 0.4) is 0 Å². The van der Waals surface area contributed by atoms with E-state index in [0.717, 1.165) is 0 Å². The van der Waals surface area contributed by atoms with Crippen LogP contribution in [0.4, 0.5) is 0 Å². The van der Waals surface area contributed by atoms with E-state index in [0.29, 0.717) is 16.9 Å². The largest absolute Gasteiger partial charge is 0.497 e. The fourth-order valence-corrected chi connectivity index (χ4v) is 2.54. The Kier molecular flexibility index (Phi) is 7.54. The number of hydrogen-bond donors (Lipinski definition) is 3. The van der Waals surface area contributed by atoms with Crippen LogP contribution in [0, 0.1) is 5.92 Å². The molecule has 0 saturated carbocycles. The number of hydrogen-bond acceptors (Lipinski definition) is 4. The molecule has 0 fully saturated rings. The average molecular weight is 396 g/mol. The van der Waals surface area contributed by atoms with Gasteiger partial charge in [-0.2, -0.15) is 0 Å². The van der Waals surface area contributed by atoms with Gasteiger partial charge in [0.05, 0.1) is 7.11 Å². The van der Waals surface area contributed by atoms with Crippen LogP contribution in [0.2, 0.25) is 0 Å². The van der Waals surface area contributed by atoms with Gasteiger partial charge in [-0.25, -0.2) is 4.79 Å². The van der Waals surface area contributed by atoms with Gasteiger partial charge in [-0.05, 0) is 41.8 Å². The predicted molar refractivity (Wildman–Crippen MR) is 109 cm³/mol. The maximum Gasteiger partial charge on any atom is 0.326 e. The van der Waals surface area contributed by atoms with E-state index < -0.39 is 23.8 Å². The average Bonchev–Trinajstić information content (AvgIpc) is 2.71. The van der Waals surface area contributed by atoms with Gasteiger partial charge in [0.15, 0.2) is 0 Å². The zero-order valence-corrected chi connectivity index (χ0v) is 16.5. The third kappa shape index (κ3) is 6.21. The monoisotopic (exact) mass is 396 g/mol. The molecule has 3 N–H and O–H groups in total. The molecule has 2 amide bonds. The van der Waals surface area contributed by atoms with Gasteiger partial charge in [0.1, 0.15) is 17.5 Å². The molecule has 7 heteroatoms. The fraction of sp³-hybridized carbons (Fsp3) is 0.227. The fourth-order valence-electron chi connectivity index (χ4n) is 2.54. The van der Waals surface area contributed by atoms with Gasteiger partial charge < -0.3 is 20.5 Å². The zero-order chi connectivity index (χ0) is 21.4. The molecule has 0 radical (unpaired) electrons. The number of carbonyl (C=O) groups excluding carboxylic acids is 2. The number of amides is 2. The second-order valence-electron chi connectivity index (χ2n) is 6.68. The first kappa shape index (κ1) is 21.7. The number of benzene rings is 2. The van der Waals surface area contributed by atoms with Gasteiger partial charge in [0.25, 0.3) is 11.8 Å². The van der Waals surface area contributed by atoms with Gasteiger partial charge in [0, 0.05) is 5.56 Å². The third-order valence-electron chi connectivity index (χ3n) is 4.17. The number of nitrogens with one attached hydrogen (secondary N) is 2. The van der Waals surface area contributed by atoms with E-state index in [2.05, 4.69) is 10.6 Å². The van der Waals surface area contributed by atoms with E-state index in [9.17, 15) is 19.5 Å². The molecule has 0 spiro atoms. The first-order chi connectivity index (χ1) is 13.8. The first-order valence-corrected chi connectivity index (χ1v) is 9.07. The Labute approximate surface area is 169 Å². The van der Waals surface area contributed by atoms with Crippen molar-refractivity contribution in [1.82, 2.24) is 10.6 Å². The van der Waals surface area contributed by atoms with E-state index in [-0.39, 0.29) is 11.6 Å². The van der Waals surface area contributed by atoms with E-state index in [1.807, 2.05) is 6.07 Å². The number of aliphatic carboxylic acids is 1. The number of methoxy groups -OCH3 is 1. The molecule has 0 aliphatic carbocycles. The van der Waals surface area contributed by atoms with E-state index in [4.69, 9.17) is 4.74 Å². The normalized spacial score (nSPS) is 12.2. The summed E-state index contributed by atoms with van der Waals surface area (Å²) in [5.41, 5.74) is 0.962. The van der Waals surface area contributed by atoms with Gasteiger partial charge in [-0.15, -0.1) is 0 Å². The molecule has 0 aliphatic rings. The molecule has 0 bridgehead atoms. The van der Waals surface area contributed by atoms with Crippen LogP contribution in [0.15, 0.2) is 60.3 Å². The van der Waals surface area contributed by atoms with Gasteiger partial charge in [-0.3, -0.25) is 9.59 Å². The van der Waals surface area contributed by atoms with Crippen LogP contribution in [0.5, 0.6) is 5.75 Å². The third-order valence-corrected chi connectivity index (χ3v) is 4.17. The number of carbonyl (C=O) groups is 3. The predicted octanol–water partition coefficient (Wildman–Crippen LogP) is 2.69. The molecule has 152 valence electrons. The molecule has 0 unspecified atom stereocenters. The van der Waals surface area contributed by atoms with E-state index in [1.54, 1.807) is 62.4 Å². The van der Waals surface area contributed by atoms with Crippen LogP contribution in [0.25, 0.3) is 6.08 Å². The highest BCUT2D eigenvalue weighted by Crippen LogP contribution is 2.13. The summed E-state index contributed by atoms with van der Waals surface area (Å²) in [6.07, 6.45) is 1.50. The second kappa shape index (κ2) is 10.1. The quantitative estimate of drug-likeness (QED) is 0.595. The summed E-state index contributed by atoms with van der Waals surface area (Å²) in [4.78, 5) is 36.8. The summed E-state index contributed by atoms with van der Waals surface area (Å²) in [6.45, 7) is 3.38. The van der Waals surface area contributed by atoms with Crippen molar-refractivity contribution in [3.63, 3.8) is 0 Å². The van der Waals surface area contributed by atoms with Crippen molar-refractivity contribution in [2.75, 3.05) is 7.11 Å². The molecule has 1 atom stereocenters. The summed E-state index contributed by atoms with van der Waals surface area (Å²) in [7, 11) is 1.52. The smallest absolute Gasteiger partial charge is 0.326 e. The molecular weight excluding hydrogens is 372 g/mol. The van der Waals surface area contributed by atoms with Crippen molar-refractivity contribution in [3.8, 4) is 5.75 Å². The summed E-state index contributed by atoms with van der Waals surface area (Å²) in [5.74, 6) is -2.06. The van der Waals surface area contributed by atoms with Gasteiger partial charge in [-0.1, -0.05) is 44.2 Å². The highest BCUT2D eigenvalue weighted by molar-refractivity contribution is 6.06. The molecule has 0 heterocycles. The van der Waals surface area contributed by atoms with Crippen molar-refractivity contribution in [2.45, 2.75) is 19.9 Å². The molecule has 2 aromatic rings. The van der Waals surface area contributed by atoms with Crippen molar-refractivity contribution in [1.29, 1.82) is 0 Å². The minimum atomic E-state index is -1.14. The van der Waals surface area contributed by atoms with Gasteiger partial charge >= 0.3 is 5.97 Å². The summed E-state index contributed by atoms with van der Waals surface area (Å²) >= 11 is 0. The Bertz CT molecular complexity index is 889. The van der Waals surface area contributed by atoms with Crippen molar-refractivity contribution >= 4 is 23.9 Å².